The molecular formula is C12H23NO. The van der Waals surface area contributed by atoms with Gasteiger partial charge < -0.3 is 5.11 Å². The maximum atomic E-state index is 9.89. The minimum absolute atomic E-state index is 0.0348. The average Bonchev–Trinajstić information content (AvgIpc) is 2.74. The predicted molar refractivity (Wildman–Crippen MR) is 58.3 cm³/mol. The van der Waals surface area contributed by atoms with Crippen molar-refractivity contribution in [2.75, 3.05) is 6.54 Å². The number of nitrogens with zero attached hydrogens (tertiary/aromatic N) is 1. The van der Waals surface area contributed by atoms with E-state index in [9.17, 15) is 5.11 Å². The van der Waals surface area contributed by atoms with E-state index < -0.39 is 0 Å². The average molecular weight is 197 g/mol. The highest BCUT2D eigenvalue weighted by Gasteiger charge is 2.36. The fourth-order valence-electron chi connectivity index (χ4n) is 3.25. The minimum atomic E-state index is -0.0348. The Hall–Kier alpha value is -0.0800. The van der Waals surface area contributed by atoms with Crippen LogP contribution in [0.4, 0.5) is 0 Å². The third-order valence-corrected chi connectivity index (χ3v) is 3.91. The molecule has 1 aliphatic carbocycles. The van der Waals surface area contributed by atoms with Crippen molar-refractivity contribution in [2.45, 2.75) is 70.1 Å². The van der Waals surface area contributed by atoms with Gasteiger partial charge in [-0.05, 0) is 45.1 Å². The summed E-state index contributed by atoms with van der Waals surface area (Å²) in [5.74, 6) is 0. The molecule has 2 aliphatic rings. The molecule has 0 aromatic rings. The fourth-order valence-corrected chi connectivity index (χ4v) is 3.25. The van der Waals surface area contributed by atoms with Crippen molar-refractivity contribution < 1.29 is 5.11 Å². The van der Waals surface area contributed by atoms with Gasteiger partial charge in [0.05, 0.1) is 6.10 Å². The zero-order chi connectivity index (χ0) is 9.97. The molecule has 1 unspecified atom stereocenters. The van der Waals surface area contributed by atoms with Gasteiger partial charge in [0.2, 0.25) is 0 Å². The zero-order valence-corrected chi connectivity index (χ0v) is 9.28. The SMILES string of the molecule is CCCC1CCCN1[C@@H]1CCC[C@H]1O. The van der Waals surface area contributed by atoms with E-state index in [4.69, 9.17) is 0 Å². The van der Waals surface area contributed by atoms with Crippen LogP contribution in [0.25, 0.3) is 0 Å². The van der Waals surface area contributed by atoms with Crippen LogP contribution in [0.15, 0.2) is 0 Å². The molecule has 0 aromatic heterocycles. The van der Waals surface area contributed by atoms with Crippen molar-refractivity contribution in [3.63, 3.8) is 0 Å². The van der Waals surface area contributed by atoms with Crippen LogP contribution < -0.4 is 0 Å². The number of aliphatic hydroxyl groups excluding tert-OH is 1. The normalized spacial score (nSPS) is 39.4. The topological polar surface area (TPSA) is 23.5 Å². The van der Waals surface area contributed by atoms with Gasteiger partial charge in [0.1, 0.15) is 0 Å². The van der Waals surface area contributed by atoms with Crippen LogP contribution in [0.5, 0.6) is 0 Å². The molecule has 1 aliphatic heterocycles. The molecular weight excluding hydrogens is 174 g/mol. The van der Waals surface area contributed by atoms with E-state index in [1.165, 1.54) is 45.1 Å². The summed E-state index contributed by atoms with van der Waals surface area (Å²) in [6.07, 6.45) is 8.74. The number of aliphatic hydroxyl groups is 1. The van der Waals surface area contributed by atoms with Crippen molar-refractivity contribution in [2.24, 2.45) is 0 Å². The highest BCUT2D eigenvalue weighted by atomic mass is 16.3. The Balaban J connectivity index is 1.94. The molecule has 1 heterocycles. The van der Waals surface area contributed by atoms with Crippen molar-refractivity contribution in [3.05, 3.63) is 0 Å². The van der Waals surface area contributed by atoms with Crippen LogP contribution in [0.1, 0.15) is 51.9 Å². The summed E-state index contributed by atoms with van der Waals surface area (Å²) in [6, 6.07) is 1.27. The fraction of sp³-hybridized carbons (Fsp3) is 1.00. The predicted octanol–water partition coefficient (Wildman–Crippen LogP) is 2.16. The molecule has 1 N–H and O–H groups in total. The smallest absolute Gasteiger partial charge is 0.0695 e. The first kappa shape index (κ1) is 10.4. The summed E-state index contributed by atoms with van der Waals surface area (Å²) in [4.78, 5) is 2.60. The van der Waals surface area contributed by atoms with Crippen LogP contribution in [-0.4, -0.2) is 34.7 Å². The lowest BCUT2D eigenvalue weighted by Crippen LogP contribution is -2.43. The molecule has 2 rings (SSSR count). The number of hydrogen-bond donors (Lipinski definition) is 1. The largest absolute Gasteiger partial charge is 0.391 e. The molecule has 2 nitrogen and oxygen atoms in total. The van der Waals surface area contributed by atoms with E-state index in [-0.39, 0.29) is 6.10 Å². The van der Waals surface area contributed by atoms with Gasteiger partial charge in [-0.25, -0.2) is 0 Å². The summed E-state index contributed by atoms with van der Waals surface area (Å²) in [7, 11) is 0. The summed E-state index contributed by atoms with van der Waals surface area (Å²) in [5, 5.41) is 9.89. The lowest BCUT2D eigenvalue weighted by atomic mass is 10.1. The van der Waals surface area contributed by atoms with Crippen LogP contribution >= 0.6 is 0 Å². The molecule has 0 bridgehead atoms. The van der Waals surface area contributed by atoms with Gasteiger partial charge in [-0.3, -0.25) is 4.90 Å². The van der Waals surface area contributed by atoms with Crippen molar-refractivity contribution >= 4 is 0 Å². The van der Waals surface area contributed by atoms with Crippen LogP contribution in [0, 0.1) is 0 Å². The summed E-state index contributed by atoms with van der Waals surface area (Å²) in [6.45, 7) is 3.49. The second-order valence-electron chi connectivity index (χ2n) is 4.89. The second-order valence-corrected chi connectivity index (χ2v) is 4.89. The van der Waals surface area contributed by atoms with E-state index in [0.717, 1.165) is 12.5 Å². The maximum absolute atomic E-state index is 9.89. The molecule has 82 valence electrons. The molecule has 2 heteroatoms. The van der Waals surface area contributed by atoms with Gasteiger partial charge in [-0.15, -0.1) is 0 Å². The maximum Gasteiger partial charge on any atom is 0.0695 e. The van der Waals surface area contributed by atoms with Crippen molar-refractivity contribution in [1.29, 1.82) is 0 Å². The molecule has 14 heavy (non-hydrogen) atoms. The third kappa shape index (κ3) is 1.96. The van der Waals surface area contributed by atoms with Crippen LogP contribution in [-0.2, 0) is 0 Å². The molecule has 0 radical (unpaired) electrons. The standard InChI is InChI=1S/C12H23NO/c1-2-5-10-6-4-9-13(10)11-7-3-8-12(11)14/h10-12,14H,2-9H2,1H3/t10?,11-,12-/m1/s1. The van der Waals surface area contributed by atoms with Crippen LogP contribution in [0.2, 0.25) is 0 Å². The first-order valence-corrected chi connectivity index (χ1v) is 6.26. The van der Waals surface area contributed by atoms with E-state index in [1.54, 1.807) is 0 Å². The lowest BCUT2D eigenvalue weighted by Gasteiger charge is -2.32. The Labute approximate surface area is 87.3 Å². The van der Waals surface area contributed by atoms with Gasteiger partial charge in [-0.1, -0.05) is 13.3 Å². The van der Waals surface area contributed by atoms with Crippen molar-refractivity contribution in [1.82, 2.24) is 4.90 Å². The molecule has 1 saturated carbocycles. The zero-order valence-electron chi connectivity index (χ0n) is 9.28. The quantitative estimate of drug-likeness (QED) is 0.749. The van der Waals surface area contributed by atoms with E-state index in [1.807, 2.05) is 0 Å². The Morgan fingerprint density at radius 2 is 2.07 bits per heavy atom. The Bertz CT molecular complexity index is 183. The second kappa shape index (κ2) is 4.63. The van der Waals surface area contributed by atoms with E-state index >= 15 is 0 Å². The molecule has 0 amide bonds. The Kier molecular flexibility index (Phi) is 3.45. The number of likely N-dealkylation sites (tertiary alicyclic amines) is 1. The van der Waals surface area contributed by atoms with E-state index in [2.05, 4.69) is 11.8 Å². The lowest BCUT2D eigenvalue weighted by molar-refractivity contribution is 0.0607. The number of rotatable bonds is 3. The summed E-state index contributed by atoms with van der Waals surface area (Å²) < 4.78 is 0. The Morgan fingerprint density at radius 1 is 1.21 bits per heavy atom. The van der Waals surface area contributed by atoms with Gasteiger partial charge in [0.15, 0.2) is 0 Å². The number of hydrogen-bond acceptors (Lipinski definition) is 2. The monoisotopic (exact) mass is 197 g/mol. The first-order chi connectivity index (χ1) is 6.83. The molecule has 1 saturated heterocycles. The van der Waals surface area contributed by atoms with Crippen LogP contribution in [0.3, 0.4) is 0 Å². The molecule has 0 spiro atoms. The van der Waals surface area contributed by atoms with Gasteiger partial charge in [0.25, 0.3) is 0 Å². The van der Waals surface area contributed by atoms with Gasteiger partial charge in [0, 0.05) is 12.1 Å². The summed E-state index contributed by atoms with van der Waals surface area (Å²) >= 11 is 0. The Morgan fingerprint density at radius 3 is 2.71 bits per heavy atom. The third-order valence-electron chi connectivity index (χ3n) is 3.91. The molecule has 2 fully saturated rings. The first-order valence-electron chi connectivity index (χ1n) is 6.26. The molecule has 0 aromatic carbocycles. The highest BCUT2D eigenvalue weighted by Crippen LogP contribution is 2.31. The van der Waals surface area contributed by atoms with Gasteiger partial charge in [-0.2, -0.15) is 0 Å². The summed E-state index contributed by atoms with van der Waals surface area (Å²) in [5.41, 5.74) is 0. The van der Waals surface area contributed by atoms with Gasteiger partial charge >= 0.3 is 0 Å². The highest BCUT2D eigenvalue weighted by molar-refractivity contribution is 4.91. The van der Waals surface area contributed by atoms with E-state index in [0.29, 0.717) is 6.04 Å². The van der Waals surface area contributed by atoms with Crippen molar-refractivity contribution in [3.8, 4) is 0 Å². The molecule has 3 atom stereocenters. The minimum Gasteiger partial charge on any atom is -0.391 e.